The molecule has 4 heteroatoms. The Bertz CT molecular complexity index is 426. The second-order valence-electron chi connectivity index (χ2n) is 8.45. The topological polar surface area (TPSA) is 70.1 Å². The maximum absolute atomic E-state index is 11.1. The second-order valence-corrected chi connectivity index (χ2v) is 8.45. The van der Waals surface area contributed by atoms with Gasteiger partial charge in [0.2, 0.25) is 0 Å². The van der Waals surface area contributed by atoms with Crippen molar-refractivity contribution in [2.75, 3.05) is 0 Å². The van der Waals surface area contributed by atoms with Crippen molar-refractivity contribution in [3.63, 3.8) is 0 Å². The van der Waals surface area contributed by atoms with Crippen LogP contribution in [-0.2, 0) is 9.53 Å². The number of carbonyl (C=O) groups is 1. The van der Waals surface area contributed by atoms with E-state index in [9.17, 15) is 9.90 Å². The zero-order valence-electron chi connectivity index (χ0n) is 16.6. The molecule has 4 nitrogen and oxygen atoms in total. The lowest BCUT2D eigenvalue weighted by molar-refractivity contribution is -0.147. The summed E-state index contributed by atoms with van der Waals surface area (Å²) in [4.78, 5) is 11.1. The first kappa shape index (κ1) is 22.2. The van der Waals surface area contributed by atoms with Crippen LogP contribution < -0.4 is 0 Å². The molecule has 2 N–H and O–H groups in total. The molecule has 146 valence electrons. The van der Waals surface area contributed by atoms with Gasteiger partial charge in [-0.3, -0.25) is 4.79 Å². The number of carboxylic acids is 1. The van der Waals surface area contributed by atoms with Crippen molar-refractivity contribution in [2.24, 2.45) is 5.41 Å². The largest absolute Gasteiger partial charge is 0.481 e. The lowest BCUT2D eigenvalue weighted by atomic mass is 9.83. The van der Waals surface area contributed by atoms with Crippen molar-refractivity contribution < 1.29 is 19.7 Å². The summed E-state index contributed by atoms with van der Waals surface area (Å²) in [6.45, 7) is 7.35. The maximum Gasteiger partial charge on any atom is 0.309 e. The van der Waals surface area contributed by atoms with E-state index in [1.165, 1.54) is 44.9 Å². The first-order chi connectivity index (χ1) is 11.7. The van der Waals surface area contributed by atoms with E-state index < -0.39 is 17.0 Å². The number of epoxide rings is 1. The van der Waals surface area contributed by atoms with Crippen LogP contribution in [0.25, 0.3) is 0 Å². The van der Waals surface area contributed by atoms with Gasteiger partial charge in [-0.2, -0.15) is 0 Å². The van der Waals surface area contributed by atoms with Crippen LogP contribution in [0.1, 0.15) is 91.9 Å². The molecule has 3 unspecified atom stereocenters. The molecule has 0 aromatic carbocycles. The molecule has 0 bridgehead atoms. The van der Waals surface area contributed by atoms with E-state index in [0.717, 1.165) is 6.42 Å². The van der Waals surface area contributed by atoms with Crippen LogP contribution in [0.2, 0.25) is 0 Å². The highest BCUT2D eigenvalue weighted by Gasteiger charge is 2.36. The minimum absolute atomic E-state index is 0.124. The highest BCUT2D eigenvalue weighted by molar-refractivity contribution is 5.73. The fourth-order valence-corrected chi connectivity index (χ4v) is 2.92. The Labute approximate surface area is 153 Å². The molecule has 0 aliphatic carbocycles. The summed E-state index contributed by atoms with van der Waals surface area (Å²) >= 11 is 0. The molecule has 0 radical (unpaired) electrons. The Hall–Kier alpha value is -0.870. The van der Waals surface area contributed by atoms with Crippen LogP contribution in [0.5, 0.6) is 0 Å². The van der Waals surface area contributed by atoms with Gasteiger partial charge in [-0.15, -0.1) is 0 Å². The minimum atomic E-state index is -0.984. The third-order valence-electron chi connectivity index (χ3n) is 5.19. The SMILES string of the molecule is CCCCCCCCCC1OC1/C=C/C(C)(O)CCC(C)(C)C(=O)O. The molecule has 0 aromatic rings. The van der Waals surface area contributed by atoms with Gasteiger partial charge >= 0.3 is 5.97 Å². The average molecular weight is 355 g/mol. The molecule has 1 aliphatic rings. The van der Waals surface area contributed by atoms with Crippen molar-refractivity contribution in [3.05, 3.63) is 12.2 Å². The molecule has 0 saturated carbocycles. The standard InChI is InChI=1S/C21H38O4/c1-5-6-7-8-9-10-11-12-17-18(25-17)13-14-21(4,24)16-15-20(2,3)19(22)23/h13-14,17-18,24H,5-12,15-16H2,1-4H3,(H,22,23)/b14-13+. The minimum Gasteiger partial charge on any atom is -0.481 e. The summed E-state index contributed by atoms with van der Waals surface area (Å²) in [5.74, 6) is -0.826. The zero-order valence-corrected chi connectivity index (χ0v) is 16.6. The van der Waals surface area contributed by atoms with E-state index in [1.54, 1.807) is 26.8 Å². The Morgan fingerprint density at radius 1 is 1.04 bits per heavy atom. The number of aliphatic hydroxyl groups is 1. The van der Waals surface area contributed by atoms with E-state index in [2.05, 4.69) is 6.92 Å². The average Bonchev–Trinajstić information content (AvgIpc) is 3.29. The molecule has 0 aromatic heterocycles. The fraction of sp³-hybridized carbons (Fsp3) is 0.857. The number of rotatable bonds is 14. The van der Waals surface area contributed by atoms with Crippen molar-refractivity contribution in [1.29, 1.82) is 0 Å². The van der Waals surface area contributed by atoms with Crippen molar-refractivity contribution in [2.45, 2.75) is 110 Å². The monoisotopic (exact) mass is 354 g/mol. The predicted octanol–water partition coefficient (Wildman–Crippen LogP) is 5.09. The van der Waals surface area contributed by atoms with E-state index in [0.29, 0.717) is 18.9 Å². The first-order valence-corrected chi connectivity index (χ1v) is 9.98. The number of hydrogen-bond acceptors (Lipinski definition) is 3. The quantitative estimate of drug-likeness (QED) is 0.259. The Morgan fingerprint density at radius 3 is 2.24 bits per heavy atom. The molecule has 3 atom stereocenters. The molecule has 1 aliphatic heterocycles. The molecule has 1 saturated heterocycles. The number of hydrogen-bond donors (Lipinski definition) is 2. The molecular formula is C21H38O4. The lowest BCUT2D eigenvalue weighted by Crippen LogP contribution is -2.29. The molecular weight excluding hydrogens is 316 g/mol. The van der Waals surface area contributed by atoms with E-state index in [1.807, 2.05) is 6.08 Å². The first-order valence-electron chi connectivity index (χ1n) is 9.98. The van der Waals surface area contributed by atoms with Crippen LogP contribution >= 0.6 is 0 Å². The van der Waals surface area contributed by atoms with Crippen LogP contribution in [0.3, 0.4) is 0 Å². The predicted molar refractivity (Wildman–Crippen MR) is 102 cm³/mol. The van der Waals surface area contributed by atoms with Gasteiger partial charge < -0.3 is 14.9 Å². The number of ether oxygens (including phenoxy) is 1. The maximum atomic E-state index is 11.1. The second kappa shape index (κ2) is 10.3. The summed E-state index contributed by atoms with van der Waals surface area (Å²) in [5.41, 5.74) is -1.80. The van der Waals surface area contributed by atoms with E-state index in [4.69, 9.17) is 9.84 Å². The van der Waals surface area contributed by atoms with Crippen molar-refractivity contribution in [1.82, 2.24) is 0 Å². The smallest absolute Gasteiger partial charge is 0.309 e. The van der Waals surface area contributed by atoms with Gasteiger partial charge in [0.15, 0.2) is 0 Å². The van der Waals surface area contributed by atoms with Crippen molar-refractivity contribution in [3.8, 4) is 0 Å². The van der Waals surface area contributed by atoms with Gasteiger partial charge in [0.25, 0.3) is 0 Å². The van der Waals surface area contributed by atoms with Gasteiger partial charge in [-0.1, -0.05) is 64.0 Å². The molecule has 1 rings (SSSR count). The highest BCUT2D eigenvalue weighted by Crippen LogP contribution is 2.31. The van der Waals surface area contributed by atoms with Gasteiger partial charge in [0.1, 0.15) is 6.10 Å². The van der Waals surface area contributed by atoms with Gasteiger partial charge in [0.05, 0.1) is 17.1 Å². The van der Waals surface area contributed by atoms with Crippen molar-refractivity contribution >= 4 is 5.97 Å². The van der Waals surface area contributed by atoms with Crippen LogP contribution in [0, 0.1) is 5.41 Å². The third kappa shape index (κ3) is 9.41. The summed E-state index contributed by atoms with van der Waals surface area (Å²) < 4.78 is 5.65. The highest BCUT2D eigenvalue weighted by atomic mass is 16.6. The Kier molecular flexibility index (Phi) is 9.15. The Balaban J connectivity index is 2.17. The summed E-state index contributed by atoms with van der Waals surface area (Å²) in [6.07, 6.45) is 15.3. The lowest BCUT2D eigenvalue weighted by Gasteiger charge is -2.25. The molecule has 0 amide bonds. The molecule has 1 heterocycles. The Morgan fingerprint density at radius 2 is 1.64 bits per heavy atom. The fourth-order valence-electron chi connectivity index (χ4n) is 2.92. The normalized spacial score (nSPS) is 22.9. The van der Waals surface area contributed by atoms with E-state index in [-0.39, 0.29) is 6.10 Å². The number of aliphatic carboxylic acids is 1. The molecule has 25 heavy (non-hydrogen) atoms. The molecule has 1 fully saturated rings. The number of carboxylic acid groups (broad SMARTS) is 1. The summed E-state index contributed by atoms with van der Waals surface area (Å²) in [5, 5.41) is 19.5. The molecule has 0 spiro atoms. The van der Waals surface area contributed by atoms with Crippen LogP contribution in [0.15, 0.2) is 12.2 Å². The van der Waals surface area contributed by atoms with Gasteiger partial charge in [0, 0.05) is 0 Å². The third-order valence-corrected chi connectivity index (χ3v) is 5.19. The summed E-state index contributed by atoms with van der Waals surface area (Å²) in [6, 6.07) is 0. The summed E-state index contributed by atoms with van der Waals surface area (Å²) in [7, 11) is 0. The van der Waals surface area contributed by atoms with E-state index >= 15 is 0 Å². The zero-order chi connectivity index (χ0) is 18.9. The van der Waals surface area contributed by atoms with Gasteiger partial charge in [-0.05, 0) is 40.0 Å². The van der Waals surface area contributed by atoms with Gasteiger partial charge in [-0.25, -0.2) is 0 Å². The van der Waals surface area contributed by atoms with Crippen LogP contribution in [0.4, 0.5) is 0 Å². The number of unbranched alkanes of at least 4 members (excludes halogenated alkanes) is 6. The van der Waals surface area contributed by atoms with Crippen LogP contribution in [-0.4, -0.2) is 34.0 Å².